The third-order valence-corrected chi connectivity index (χ3v) is 3.59. The number of oxazole rings is 1. The number of hydrogen-bond acceptors (Lipinski definition) is 7. The molecule has 0 aliphatic carbocycles. The van der Waals surface area contributed by atoms with Gasteiger partial charge in [0.25, 0.3) is 5.89 Å². The first-order valence-electron chi connectivity index (χ1n) is 7.32. The van der Waals surface area contributed by atoms with E-state index in [4.69, 9.17) is 8.83 Å². The maximum atomic E-state index is 12.2. The quantitative estimate of drug-likeness (QED) is 0.588. The van der Waals surface area contributed by atoms with Gasteiger partial charge < -0.3 is 8.83 Å². The molecule has 0 atom stereocenters. The van der Waals surface area contributed by atoms with Crippen molar-refractivity contribution >= 4 is 23.0 Å². The summed E-state index contributed by atoms with van der Waals surface area (Å²) in [5.74, 6) is -0.882. The zero-order valence-electron chi connectivity index (χ0n) is 13.0. The van der Waals surface area contributed by atoms with Crippen LogP contribution in [0.15, 0.2) is 50.2 Å². The standard InChI is InChI=1S/C15H12N6O4/c1-20-10(6-7-16-20)13-18-19-14(25-13)17-12(22)8-21-9-4-2-3-5-11(9)24-15(21)23/h2-7H,8H2,1H3,(H,17,19,22). The SMILES string of the molecule is Cn1nccc1-c1nnc(NC(=O)Cn2c(=O)oc3ccccc32)o1. The van der Waals surface area contributed by atoms with E-state index in [2.05, 4.69) is 20.6 Å². The molecule has 1 amide bonds. The van der Waals surface area contributed by atoms with Crippen LogP contribution in [0.5, 0.6) is 0 Å². The minimum Gasteiger partial charge on any atom is -0.408 e. The fourth-order valence-corrected chi connectivity index (χ4v) is 2.43. The van der Waals surface area contributed by atoms with E-state index in [1.807, 2.05) is 0 Å². The largest absolute Gasteiger partial charge is 0.420 e. The number of benzene rings is 1. The van der Waals surface area contributed by atoms with Crippen molar-refractivity contribution in [3.05, 3.63) is 47.1 Å². The lowest BCUT2D eigenvalue weighted by Crippen LogP contribution is -2.24. The van der Waals surface area contributed by atoms with E-state index in [-0.39, 0.29) is 18.5 Å². The summed E-state index contributed by atoms with van der Waals surface area (Å²) in [5, 5.41) is 14.1. The normalized spacial score (nSPS) is 11.1. The Bertz CT molecular complexity index is 1120. The minimum atomic E-state index is -0.613. The van der Waals surface area contributed by atoms with Gasteiger partial charge in [-0.1, -0.05) is 17.2 Å². The highest BCUT2D eigenvalue weighted by atomic mass is 16.4. The molecule has 25 heavy (non-hydrogen) atoms. The average Bonchev–Trinajstić information content (AvgIpc) is 3.28. The Balaban J connectivity index is 1.53. The van der Waals surface area contributed by atoms with Gasteiger partial charge in [0.1, 0.15) is 12.2 Å². The first-order valence-corrected chi connectivity index (χ1v) is 7.32. The van der Waals surface area contributed by atoms with Crippen molar-refractivity contribution < 1.29 is 13.6 Å². The van der Waals surface area contributed by atoms with Crippen LogP contribution in [0.25, 0.3) is 22.7 Å². The van der Waals surface area contributed by atoms with Gasteiger partial charge in [0.2, 0.25) is 5.91 Å². The van der Waals surface area contributed by atoms with Crippen molar-refractivity contribution in [3.8, 4) is 11.6 Å². The third-order valence-electron chi connectivity index (χ3n) is 3.59. The molecule has 0 spiro atoms. The molecule has 3 aromatic heterocycles. The predicted molar refractivity (Wildman–Crippen MR) is 85.6 cm³/mol. The number of nitrogens with zero attached hydrogens (tertiary/aromatic N) is 5. The summed E-state index contributed by atoms with van der Waals surface area (Å²) in [7, 11) is 1.73. The van der Waals surface area contributed by atoms with Gasteiger partial charge in [0.05, 0.1) is 5.52 Å². The lowest BCUT2D eigenvalue weighted by Gasteiger charge is -2.01. The van der Waals surface area contributed by atoms with Crippen LogP contribution in [0, 0.1) is 0 Å². The van der Waals surface area contributed by atoms with Crippen LogP contribution >= 0.6 is 0 Å². The van der Waals surface area contributed by atoms with Gasteiger partial charge in [-0.2, -0.15) is 5.10 Å². The van der Waals surface area contributed by atoms with Gasteiger partial charge in [0, 0.05) is 13.2 Å². The molecule has 4 aromatic rings. The van der Waals surface area contributed by atoms with Crippen LogP contribution in [-0.4, -0.2) is 30.5 Å². The third kappa shape index (κ3) is 2.69. The molecule has 10 heteroatoms. The Morgan fingerprint density at radius 2 is 2.04 bits per heavy atom. The van der Waals surface area contributed by atoms with Gasteiger partial charge in [-0.05, 0) is 18.2 Å². The van der Waals surface area contributed by atoms with Gasteiger partial charge in [-0.3, -0.25) is 19.4 Å². The van der Waals surface area contributed by atoms with E-state index in [1.165, 1.54) is 4.57 Å². The van der Waals surface area contributed by atoms with E-state index in [1.54, 1.807) is 48.3 Å². The Hall–Kier alpha value is -3.69. The second kappa shape index (κ2) is 5.74. The highest BCUT2D eigenvalue weighted by molar-refractivity contribution is 5.89. The summed E-state index contributed by atoms with van der Waals surface area (Å²) in [6, 6.07) is 8.49. The molecule has 126 valence electrons. The summed E-state index contributed by atoms with van der Waals surface area (Å²) in [5.41, 5.74) is 1.56. The molecule has 0 saturated carbocycles. The lowest BCUT2D eigenvalue weighted by atomic mass is 10.3. The van der Waals surface area contributed by atoms with Crippen molar-refractivity contribution in [2.45, 2.75) is 6.54 Å². The highest BCUT2D eigenvalue weighted by Gasteiger charge is 2.16. The van der Waals surface area contributed by atoms with Gasteiger partial charge in [-0.25, -0.2) is 4.79 Å². The summed E-state index contributed by atoms with van der Waals surface area (Å²) >= 11 is 0. The Morgan fingerprint density at radius 1 is 1.20 bits per heavy atom. The van der Waals surface area contributed by atoms with Gasteiger partial charge in [0.15, 0.2) is 5.58 Å². The maximum absolute atomic E-state index is 12.2. The molecular weight excluding hydrogens is 328 g/mol. The number of nitrogens with one attached hydrogen (secondary N) is 1. The number of para-hydroxylation sites is 2. The minimum absolute atomic E-state index is 0.0675. The average molecular weight is 340 g/mol. The molecule has 0 unspecified atom stereocenters. The Kier molecular flexibility index (Phi) is 3.42. The molecule has 0 bridgehead atoms. The molecule has 0 fully saturated rings. The van der Waals surface area contributed by atoms with Crippen molar-refractivity contribution in [2.24, 2.45) is 7.05 Å². The molecule has 1 aromatic carbocycles. The molecule has 0 aliphatic heterocycles. The van der Waals surface area contributed by atoms with Crippen LogP contribution in [-0.2, 0) is 18.4 Å². The fraction of sp³-hybridized carbons (Fsp3) is 0.133. The Labute approximate surface area is 139 Å². The van der Waals surface area contributed by atoms with E-state index in [0.29, 0.717) is 16.8 Å². The number of anilines is 1. The zero-order valence-corrected chi connectivity index (χ0v) is 13.0. The van der Waals surface area contributed by atoms with Crippen LogP contribution in [0.1, 0.15) is 0 Å². The predicted octanol–water partition coefficient (Wildman–Crippen LogP) is 1.02. The maximum Gasteiger partial charge on any atom is 0.420 e. The fourth-order valence-electron chi connectivity index (χ4n) is 2.43. The topological polar surface area (TPSA) is 121 Å². The van der Waals surface area contributed by atoms with E-state index >= 15 is 0 Å². The number of carbonyl (C=O) groups is 1. The second-order valence-electron chi connectivity index (χ2n) is 5.22. The number of aryl methyl sites for hydroxylation is 1. The summed E-state index contributed by atoms with van der Waals surface area (Å²) in [6.07, 6.45) is 1.59. The van der Waals surface area contributed by atoms with Crippen LogP contribution < -0.4 is 11.1 Å². The number of carbonyl (C=O) groups excluding carboxylic acids is 1. The van der Waals surface area contributed by atoms with Crippen molar-refractivity contribution in [3.63, 3.8) is 0 Å². The van der Waals surface area contributed by atoms with Crippen molar-refractivity contribution in [1.29, 1.82) is 0 Å². The molecular formula is C15H12N6O4. The summed E-state index contributed by atoms with van der Waals surface area (Å²) in [6.45, 7) is -0.237. The van der Waals surface area contributed by atoms with Gasteiger partial charge in [-0.15, -0.1) is 5.10 Å². The molecule has 4 rings (SSSR count). The molecule has 0 radical (unpaired) electrons. The first kappa shape index (κ1) is 14.9. The van der Waals surface area contributed by atoms with E-state index in [0.717, 1.165) is 0 Å². The van der Waals surface area contributed by atoms with Gasteiger partial charge >= 0.3 is 11.8 Å². The zero-order chi connectivity index (χ0) is 17.4. The number of rotatable bonds is 4. The van der Waals surface area contributed by atoms with Crippen LogP contribution in [0.4, 0.5) is 6.01 Å². The highest BCUT2D eigenvalue weighted by Crippen LogP contribution is 2.18. The molecule has 3 heterocycles. The number of aromatic nitrogens is 5. The van der Waals surface area contributed by atoms with Crippen molar-refractivity contribution in [2.75, 3.05) is 5.32 Å². The molecule has 10 nitrogen and oxygen atoms in total. The van der Waals surface area contributed by atoms with Crippen LogP contribution in [0.3, 0.4) is 0 Å². The lowest BCUT2D eigenvalue weighted by molar-refractivity contribution is -0.116. The molecule has 0 aliphatic rings. The van der Waals surface area contributed by atoms with Crippen molar-refractivity contribution in [1.82, 2.24) is 24.5 Å². The summed E-state index contributed by atoms with van der Waals surface area (Å²) < 4.78 is 13.3. The van der Waals surface area contributed by atoms with E-state index in [9.17, 15) is 9.59 Å². The number of hydrogen-bond donors (Lipinski definition) is 1. The van der Waals surface area contributed by atoms with Crippen LogP contribution in [0.2, 0.25) is 0 Å². The second-order valence-corrected chi connectivity index (χ2v) is 5.22. The number of fused-ring (bicyclic) bond motifs is 1. The molecule has 1 N–H and O–H groups in total. The Morgan fingerprint density at radius 3 is 2.84 bits per heavy atom. The summed E-state index contributed by atoms with van der Waals surface area (Å²) in [4.78, 5) is 24.1. The monoisotopic (exact) mass is 340 g/mol. The molecule has 0 saturated heterocycles. The van der Waals surface area contributed by atoms with E-state index < -0.39 is 11.7 Å². The first-order chi connectivity index (χ1) is 12.1. The smallest absolute Gasteiger partial charge is 0.408 e. The number of amides is 1.